The molecule has 1 aromatic carbocycles. The van der Waals surface area contributed by atoms with Crippen LogP contribution in [0.4, 0.5) is 10.1 Å². The van der Waals surface area contributed by atoms with E-state index >= 15 is 0 Å². The van der Waals surface area contributed by atoms with Gasteiger partial charge in [0.15, 0.2) is 0 Å². The third kappa shape index (κ3) is 3.38. The molecule has 1 fully saturated rings. The summed E-state index contributed by atoms with van der Waals surface area (Å²) in [7, 11) is 1.87. The van der Waals surface area contributed by atoms with Gasteiger partial charge in [0.2, 0.25) is 5.91 Å². The molecule has 5 rings (SSSR count). The summed E-state index contributed by atoms with van der Waals surface area (Å²) in [4.78, 5) is 31.0. The molecule has 160 valence electrons. The van der Waals surface area contributed by atoms with Crippen molar-refractivity contribution in [3.63, 3.8) is 0 Å². The molecule has 3 aromatic heterocycles. The van der Waals surface area contributed by atoms with Gasteiger partial charge < -0.3 is 14.4 Å². The molecule has 1 saturated heterocycles. The number of piperazine rings is 1. The van der Waals surface area contributed by atoms with E-state index in [0.717, 1.165) is 21.3 Å². The van der Waals surface area contributed by atoms with Crippen LogP contribution in [-0.2, 0) is 18.4 Å². The minimum absolute atomic E-state index is 0.0802. The molecule has 0 bridgehead atoms. The van der Waals surface area contributed by atoms with Crippen molar-refractivity contribution in [3.8, 4) is 0 Å². The Kier molecular flexibility index (Phi) is 4.77. The number of hydrogen-bond donors (Lipinski definition) is 0. The maximum Gasteiger partial charge on any atom is 0.291 e. The quantitative estimate of drug-likeness (QED) is 0.493. The van der Waals surface area contributed by atoms with Gasteiger partial charge in [-0.25, -0.2) is 9.07 Å². The fourth-order valence-corrected chi connectivity index (χ4v) is 5.29. The van der Waals surface area contributed by atoms with E-state index < -0.39 is 0 Å². The Balaban J connectivity index is 1.32. The predicted molar refractivity (Wildman–Crippen MR) is 120 cm³/mol. The average Bonchev–Trinajstić information content (AvgIpc) is 3.27. The fraction of sp³-hybridized carbons (Fsp3) is 0.318. The first-order valence-corrected chi connectivity index (χ1v) is 11.0. The minimum Gasteiger partial charge on any atom is -0.368 e. The lowest BCUT2D eigenvalue weighted by atomic mass is 10.2. The largest absolute Gasteiger partial charge is 0.368 e. The van der Waals surface area contributed by atoms with E-state index in [2.05, 4.69) is 16.1 Å². The van der Waals surface area contributed by atoms with Gasteiger partial charge in [-0.2, -0.15) is 5.10 Å². The number of thiophene rings is 1. The van der Waals surface area contributed by atoms with E-state index in [9.17, 15) is 14.0 Å². The number of halogens is 1. The second-order valence-corrected chi connectivity index (χ2v) is 9.10. The topological polar surface area (TPSA) is 63.4 Å². The molecule has 4 heterocycles. The zero-order valence-electron chi connectivity index (χ0n) is 17.3. The summed E-state index contributed by atoms with van der Waals surface area (Å²) >= 11 is 1.64. The molecule has 4 aromatic rings. The molecule has 0 aliphatic carbocycles. The monoisotopic (exact) mass is 439 g/mol. The van der Waals surface area contributed by atoms with Crippen LogP contribution >= 0.6 is 11.3 Å². The zero-order valence-corrected chi connectivity index (χ0v) is 18.2. The van der Waals surface area contributed by atoms with E-state index in [-0.39, 0.29) is 23.8 Å². The first-order valence-electron chi connectivity index (χ1n) is 10.2. The molecular formula is C22H22FN5O2S. The maximum atomic E-state index is 13.1. The van der Waals surface area contributed by atoms with Crippen molar-refractivity contribution in [2.75, 3.05) is 31.1 Å². The van der Waals surface area contributed by atoms with Gasteiger partial charge in [0, 0.05) is 49.2 Å². The van der Waals surface area contributed by atoms with Gasteiger partial charge >= 0.3 is 0 Å². The highest BCUT2D eigenvalue weighted by Gasteiger charge is 2.23. The summed E-state index contributed by atoms with van der Waals surface area (Å²) in [6, 6.07) is 8.44. The van der Waals surface area contributed by atoms with Gasteiger partial charge in [0.25, 0.3) is 5.56 Å². The molecule has 31 heavy (non-hydrogen) atoms. The van der Waals surface area contributed by atoms with Crippen LogP contribution in [0.25, 0.3) is 21.1 Å². The van der Waals surface area contributed by atoms with Gasteiger partial charge in [-0.15, -0.1) is 11.3 Å². The average molecular weight is 440 g/mol. The molecule has 0 N–H and O–H groups in total. The summed E-state index contributed by atoms with van der Waals surface area (Å²) in [5.74, 6) is -0.389. The molecular weight excluding hydrogens is 417 g/mol. The second kappa shape index (κ2) is 7.49. The van der Waals surface area contributed by atoms with E-state index in [1.807, 2.05) is 18.5 Å². The summed E-state index contributed by atoms with van der Waals surface area (Å²) in [5.41, 5.74) is 2.28. The highest BCUT2D eigenvalue weighted by Crippen LogP contribution is 2.32. The normalized spacial score (nSPS) is 14.7. The van der Waals surface area contributed by atoms with Gasteiger partial charge in [-0.05, 0) is 37.3 Å². The van der Waals surface area contributed by atoms with Gasteiger partial charge in [0.05, 0.1) is 16.4 Å². The number of benzene rings is 1. The first-order chi connectivity index (χ1) is 14.9. The van der Waals surface area contributed by atoms with Gasteiger partial charge in [-0.3, -0.25) is 9.59 Å². The van der Waals surface area contributed by atoms with E-state index in [1.54, 1.807) is 34.6 Å². The van der Waals surface area contributed by atoms with E-state index in [1.165, 1.54) is 21.7 Å². The molecule has 1 amide bonds. The van der Waals surface area contributed by atoms with Crippen LogP contribution in [-0.4, -0.2) is 51.3 Å². The highest BCUT2D eigenvalue weighted by atomic mass is 32.1. The molecule has 0 saturated carbocycles. The van der Waals surface area contributed by atoms with Crippen molar-refractivity contribution in [2.45, 2.75) is 13.5 Å². The smallest absolute Gasteiger partial charge is 0.291 e. The van der Waals surface area contributed by atoms with Crippen molar-refractivity contribution in [2.24, 2.45) is 7.05 Å². The standard InChI is InChI=1S/C22H22FN5O2S/c1-14-11-18-21(31-14)17-12-24-28(22(30)20(17)25(18)2)13-19(29)27-9-7-26(8-10-27)16-5-3-15(23)4-6-16/h3-6,11-12H,7-10,13H2,1-2H3. The Morgan fingerprint density at radius 1 is 1.16 bits per heavy atom. The minimum atomic E-state index is -0.263. The van der Waals surface area contributed by atoms with Crippen LogP contribution < -0.4 is 10.5 Å². The van der Waals surface area contributed by atoms with E-state index in [4.69, 9.17) is 0 Å². The summed E-state index contributed by atoms with van der Waals surface area (Å²) < 4.78 is 17.3. The van der Waals surface area contributed by atoms with Crippen molar-refractivity contribution in [1.29, 1.82) is 0 Å². The van der Waals surface area contributed by atoms with Crippen molar-refractivity contribution < 1.29 is 9.18 Å². The molecule has 0 spiro atoms. The molecule has 7 nitrogen and oxygen atoms in total. The number of aryl methyl sites for hydroxylation is 2. The Hall–Kier alpha value is -3.20. The number of fused-ring (bicyclic) bond motifs is 3. The third-order valence-corrected chi connectivity index (χ3v) is 6.98. The number of amides is 1. The number of aromatic nitrogens is 3. The second-order valence-electron chi connectivity index (χ2n) is 7.84. The van der Waals surface area contributed by atoms with E-state index in [0.29, 0.717) is 31.7 Å². The number of carbonyl (C=O) groups is 1. The number of hydrogen-bond acceptors (Lipinski definition) is 5. The number of anilines is 1. The Morgan fingerprint density at radius 3 is 2.58 bits per heavy atom. The van der Waals surface area contributed by atoms with Crippen molar-refractivity contribution in [3.05, 3.63) is 57.6 Å². The van der Waals surface area contributed by atoms with Crippen LogP contribution in [0.3, 0.4) is 0 Å². The number of rotatable bonds is 3. The molecule has 1 aliphatic rings. The van der Waals surface area contributed by atoms with Crippen LogP contribution in [0, 0.1) is 12.7 Å². The molecule has 1 aliphatic heterocycles. The summed E-state index contributed by atoms with van der Waals surface area (Å²) in [6.45, 7) is 4.37. The summed E-state index contributed by atoms with van der Waals surface area (Å²) in [6.07, 6.45) is 1.69. The van der Waals surface area contributed by atoms with Gasteiger partial charge in [-0.1, -0.05) is 0 Å². The molecule has 0 atom stereocenters. The Bertz CT molecular complexity index is 1350. The third-order valence-electron chi connectivity index (χ3n) is 5.90. The van der Waals surface area contributed by atoms with Crippen LogP contribution in [0.15, 0.2) is 41.3 Å². The summed E-state index contributed by atoms with van der Waals surface area (Å²) in [5, 5.41) is 5.12. The maximum absolute atomic E-state index is 13.1. The van der Waals surface area contributed by atoms with Crippen LogP contribution in [0.2, 0.25) is 0 Å². The zero-order chi connectivity index (χ0) is 21.7. The van der Waals surface area contributed by atoms with Crippen molar-refractivity contribution in [1.82, 2.24) is 19.2 Å². The lowest BCUT2D eigenvalue weighted by Crippen LogP contribution is -2.50. The Morgan fingerprint density at radius 2 is 1.87 bits per heavy atom. The SMILES string of the molecule is Cc1cc2c(s1)c1cnn(CC(=O)N3CCN(c4ccc(F)cc4)CC3)c(=O)c1n2C. The van der Waals surface area contributed by atoms with Crippen LogP contribution in [0.1, 0.15) is 4.88 Å². The first kappa shape index (κ1) is 19.7. The fourth-order valence-electron chi connectivity index (χ4n) is 4.24. The van der Waals surface area contributed by atoms with Crippen molar-refractivity contribution >= 4 is 44.1 Å². The van der Waals surface area contributed by atoms with Gasteiger partial charge in [0.1, 0.15) is 17.9 Å². The highest BCUT2D eigenvalue weighted by molar-refractivity contribution is 7.20. The predicted octanol–water partition coefficient (Wildman–Crippen LogP) is 2.75. The molecule has 0 radical (unpaired) electrons. The Labute approximate surface area is 181 Å². The number of carbonyl (C=O) groups excluding carboxylic acids is 1. The molecule has 9 heteroatoms. The number of nitrogens with zero attached hydrogens (tertiary/aromatic N) is 5. The molecule has 0 unspecified atom stereocenters. The van der Waals surface area contributed by atoms with Crippen LogP contribution in [0.5, 0.6) is 0 Å². The lowest BCUT2D eigenvalue weighted by molar-refractivity contribution is -0.132. The lowest BCUT2D eigenvalue weighted by Gasteiger charge is -2.36.